The second-order valence-electron chi connectivity index (χ2n) is 6.05. The van der Waals surface area contributed by atoms with E-state index in [1.165, 1.54) is 27.8 Å². The van der Waals surface area contributed by atoms with Gasteiger partial charge in [0.2, 0.25) is 0 Å². The van der Waals surface area contributed by atoms with E-state index in [-0.39, 0.29) is 0 Å². The molecule has 3 aromatic rings. The first-order valence-electron chi connectivity index (χ1n) is 7.49. The number of rotatable bonds is 1. The highest BCUT2D eigenvalue weighted by atomic mass is 15.0. The van der Waals surface area contributed by atoms with E-state index in [2.05, 4.69) is 41.4 Å². The van der Waals surface area contributed by atoms with Gasteiger partial charge in [0.15, 0.2) is 0 Å². The fraction of sp³-hybridized carbons (Fsp3) is 0.278. The molecule has 0 saturated heterocycles. The van der Waals surface area contributed by atoms with E-state index >= 15 is 0 Å². The van der Waals surface area contributed by atoms with Crippen molar-refractivity contribution < 1.29 is 0 Å². The summed E-state index contributed by atoms with van der Waals surface area (Å²) in [6, 6.07) is 13.6. The van der Waals surface area contributed by atoms with Crippen LogP contribution in [0.1, 0.15) is 17.5 Å². The van der Waals surface area contributed by atoms with E-state index in [4.69, 9.17) is 5.73 Å². The minimum Gasteiger partial charge on any atom is -0.334 e. The Hall–Kier alpha value is -2.13. The van der Waals surface area contributed by atoms with Crippen molar-refractivity contribution in [2.45, 2.75) is 25.3 Å². The molecule has 1 unspecified atom stereocenters. The van der Waals surface area contributed by atoms with Gasteiger partial charge in [-0.3, -0.25) is 0 Å². The van der Waals surface area contributed by atoms with E-state index in [1.54, 1.807) is 0 Å². The van der Waals surface area contributed by atoms with E-state index in [0.29, 0.717) is 6.04 Å². The van der Waals surface area contributed by atoms with Crippen LogP contribution in [0.2, 0.25) is 0 Å². The highest BCUT2D eigenvalue weighted by Crippen LogP contribution is 2.28. The van der Waals surface area contributed by atoms with Crippen LogP contribution in [0.5, 0.6) is 0 Å². The quantitative estimate of drug-likeness (QED) is 0.743. The molecular weight excluding hydrogens is 258 g/mol. The van der Waals surface area contributed by atoms with Gasteiger partial charge < -0.3 is 10.3 Å². The SMILES string of the molecule is Cn1cnc2cc(-c3ccc4c(c3)CCC(N)C4)ccc21. The normalized spacial score (nSPS) is 17.9. The van der Waals surface area contributed by atoms with Crippen LogP contribution in [-0.2, 0) is 19.9 Å². The van der Waals surface area contributed by atoms with Crippen LogP contribution in [0.15, 0.2) is 42.7 Å². The molecule has 0 bridgehead atoms. The third-order valence-corrected chi connectivity index (χ3v) is 4.53. The zero-order valence-electron chi connectivity index (χ0n) is 12.2. The number of hydrogen-bond acceptors (Lipinski definition) is 2. The van der Waals surface area contributed by atoms with E-state index < -0.39 is 0 Å². The molecule has 106 valence electrons. The molecule has 4 rings (SSSR count). The summed E-state index contributed by atoms with van der Waals surface area (Å²) < 4.78 is 2.05. The van der Waals surface area contributed by atoms with Crippen molar-refractivity contribution in [3.05, 3.63) is 53.9 Å². The number of nitrogens with two attached hydrogens (primary N) is 1. The topological polar surface area (TPSA) is 43.8 Å². The fourth-order valence-corrected chi connectivity index (χ4v) is 3.28. The largest absolute Gasteiger partial charge is 0.334 e. The lowest BCUT2D eigenvalue weighted by molar-refractivity contribution is 0.577. The van der Waals surface area contributed by atoms with Crippen molar-refractivity contribution in [2.75, 3.05) is 0 Å². The molecule has 0 radical (unpaired) electrons. The molecule has 1 aromatic heterocycles. The molecule has 1 aliphatic rings. The zero-order chi connectivity index (χ0) is 14.4. The van der Waals surface area contributed by atoms with Crippen LogP contribution in [0.3, 0.4) is 0 Å². The third kappa shape index (κ3) is 2.14. The minimum atomic E-state index is 0.327. The van der Waals surface area contributed by atoms with Gasteiger partial charge in [0.1, 0.15) is 0 Å². The monoisotopic (exact) mass is 277 g/mol. The third-order valence-electron chi connectivity index (χ3n) is 4.53. The molecule has 0 fully saturated rings. The Morgan fingerprint density at radius 2 is 1.90 bits per heavy atom. The van der Waals surface area contributed by atoms with E-state index in [1.807, 2.05) is 17.9 Å². The number of imidazole rings is 1. The van der Waals surface area contributed by atoms with E-state index in [0.717, 1.165) is 24.8 Å². The predicted molar refractivity (Wildman–Crippen MR) is 86.2 cm³/mol. The average Bonchev–Trinajstić information content (AvgIpc) is 2.87. The molecule has 2 aromatic carbocycles. The molecule has 2 N–H and O–H groups in total. The second-order valence-corrected chi connectivity index (χ2v) is 6.05. The Bertz CT molecular complexity index is 816. The van der Waals surface area contributed by atoms with Crippen LogP contribution in [0.25, 0.3) is 22.2 Å². The first-order valence-corrected chi connectivity index (χ1v) is 7.49. The first-order chi connectivity index (χ1) is 10.2. The van der Waals surface area contributed by atoms with Gasteiger partial charge in [-0.2, -0.15) is 0 Å². The van der Waals surface area contributed by atoms with Crippen molar-refractivity contribution in [3.63, 3.8) is 0 Å². The van der Waals surface area contributed by atoms with Crippen molar-refractivity contribution in [1.82, 2.24) is 9.55 Å². The summed E-state index contributed by atoms with van der Waals surface area (Å²) in [5, 5.41) is 0. The summed E-state index contributed by atoms with van der Waals surface area (Å²) in [5.74, 6) is 0. The average molecular weight is 277 g/mol. The van der Waals surface area contributed by atoms with Crippen LogP contribution in [0.4, 0.5) is 0 Å². The van der Waals surface area contributed by atoms with Crippen LogP contribution >= 0.6 is 0 Å². The summed E-state index contributed by atoms with van der Waals surface area (Å²) in [7, 11) is 2.02. The maximum absolute atomic E-state index is 6.05. The summed E-state index contributed by atoms with van der Waals surface area (Å²) >= 11 is 0. The molecule has 0 amide bonds. The smallest absolute Gasteiger partial charge is 0.0955 e. The van der Waals surface area contributed by atoms with Crippen molar-refractivity contribution in [2.24, 2.45) is 12.8 Å². The molecular formula is C18H19N3. The molecule has 0 aliphatic heterocycles. The van der Waals surface area contributed by atoms with E-state index in [9.17, 15) is 0 Å². The molecule has 3 heteroatoms. The molecule has 1 heterocycles. The van der Waals surface area contributed by atoms with Crippen molar-refractivity contribution >= 4 is 11.0 Å². The summed E-state index contributed by atoms with van der Waals surface area (Å²) in [6.07, 6.45) is 5.06. The lowest BCUT2D eigenvalue weighted by Crippen LogP contribution is -2.27. The van der Waals surface area contributed by atoms with Gasteiger partial charge in [-0.15, -0.1) is 0 Å². The Kier molecular flexibility index (Phi) is 2.82. The summed E-state index contributed by atoms with van der Waals surface area (Å²) in [4.78, 5) is 4.45. The van der Waals surface area contributed by atoms with Gasteiger partial charge in [0.05, 0.1) is 17.4 Å². The Morgan fingerprint density at radius 3 is 2.81 bits per heavy atom. The lowest BCUT2D eigenvalue weighted by atomic mass is 9.87. The van der Waals surface area contributed by atoms with Gasteiger partial charge in [-0.1, -0.05) is 24.3 Å². The predicted octanol–water partition coefficient (Wildman–Crippen LogP) is 3.06. The van der Waals surface area contributed by atoms with Crippen molar-refractivity contribution in [3.8, 4) is 11.1 Å². The number of benzene rings is 2. The van der Waals surface area contributed by atoms with Gasteiger partial charge in [0, 0.05) is 13.1 Å². The lowest BCUT2D eigenvalue weighted by Gasteiger charge is -2.22. The number of hydrogen-bond donors (Lipinski definition) is 1. The molecule has 1 atom stereocenters. The maximum Gasteiger partial charge on any atom is 0.0955 e. The molecule has 21 heavy (non-hydrogen) atoms. The zero-order valence-corrected chi connectivity index (χ0v) is 12.2. The number of fused-ring (bicyclic) bond motifs is 2. The van der Waals surface area contributed by atoms with Crippen molar-refractivity contribution in [1.29, 1.82) is 0 Å². The fourth-order valence-electron chi connectivity index (χ4n) is 3.28. The number of nitrogens with zero attached hydrogens (tertiary/aromatic N) is 2. The first kappa shape index (κ1) is 12.6. The van der Waals surface area contributed by atoms with Crippen LogP contribution < -0.4 is 5.73 Å². The second kappa shape index (κ2) is 4.71. The summed E-state index contributed by atoms with van der Waals surface area (Å²) in [5.41, 5.74) is 13.6. The summed E-state index contributed by atoms with van der Waals surface area (Å²) in [6.45, 7) is 0. The number of aromatic nitrogens is 2. The maximum atomic E-state index is 6.05. The standard InChI is InChI=1S/C18H19N3/c1-21-11-20-17-10-15(5-7-18(17)21)12-2-3-14-9-16(19)6-4-13(14)8-12/h2-3,5,7-8,10-11,16H,4,6,9,19H2,1H3. The molecule has 3 nitrogen and oxygen atoms in total. The Balaban J connectivity index is 1.78. The van der Waals surface area contributed by atoms with Gasteiger partial charge in [-0.05, 0) is 53.6 Å². The highest BCUT2D eigenvalue weighted by molar-refractivity contribution is 5.82. The highest BCUT2D eigenvalue weighted by Gasteiger charge is 2.16. The molecule has 1 aliphatic carbocycles. The van der Waals surface area contributed by atoms with Gasteiger partial charge in [-0.25, -0.2) is 4.98 Å². The minimum absolute atomic E-state index is 0.327. The van der Waals surface area contributed by atoms with Gasteiger partial charge >= 0.3 is 0 Å². The van der Waals surface area contributed by atoms with Crippen LogP contribution in [-0.4, -0.2) is 15.6 Å². The molecule has 0 saturated carbocycles. The Labute approximate surface area is 124 Å². The molecule has 0 spiro atoms. The number of aryl methyl sites for hydroxylation is 2. The van der Waals surface area contributed by atoms with Crippen LogP contribution in [0, 0.1) is 0 Å². The Morgan fingerprint density at radius 1 is 1.10 bits per heavy atom. The van der Waals surface area contributed by atoms with Gasteiger partial charge in [0.25, 0.3) is 0 Å².